The van der Waals surface area contributed by atoms with Crippen molar-refractivity contribution in [1.82, 2.24) is 15.1 Å². The van der Waals surface area contributed by atoms with Gasteiger partial charge in [-0.05, 0) is 57.5 Å². The molecule has 1 atom stereocenters. The van der Waals surface area contributed by atoms with Crippen LogP contribution in [0.2, 0.25) is 0 Å². The van der Waals surface area contributed by atoms with Crippen molar-refractivity contribution in [3.05, 3.63) is 41.3 Å². The van der Waals surface area contributed by atoms with Crippen molar-refractivity contribution < 1.29 is 4.39 Å². The van der Waals surface area contributed by atoms with Crippen LogP contribution in [0, 0.1) is 5.82 Å². The Bertz CT molecular complexity index is 643. The zero-order chi connectivity index (χ0) is 15.7. The van der Waals surface area contributed by atoms with Gasteiger partial charge >= 0.3 is 0 Å². The third-order valence-corrected chi connectivity index (χ3v) is 4.34. The number of aromatic nitrogens is 2. The highest BCUT2D eigenvalue weighted by Crippen LogP contribution is 2.34. The summed E-state index contributed by atoms with van der Waals surface area (Å²) in [6.45, 7) is 8.53. The summed E-state index contributed by atoms with van der Waals surface area (Å²) in [6, 6.07) is 7.09. The zero-order valence-electron chi connectivity index (χ0n) is 13.6. The number of nitrogens with zero attached hydrogens (tertiary/aromatic N) is 2. The second-order valence-electron chi connectivity index (χ2n) is 6.47. The van der Waals surface area contributed by atoms with Crippen molar-refractivity contribution in [2.75, 3.05) is 13.1 Å². The molecule has 4 heteroatoms. The summed E-state index contributed by atoms with van der Waals surface area (Å²) >= 11 is 0. The standard InChI is InChI=1S/C18H24FN3/c1-12(2)22-18(14-6-8-15(19)9-7-14)16-5-4-10-20-11-13(3)17(16)21-22/h6-9,12-13,20H,4-5,10-11H2,1-3H3. The number of rotatable bonds is 2. The summed E-state index contributed by atoms with van der Waals surface area (Å²) < 4.78 is 15.4. The van der Waals surface area contributed by atoms with Crippen molar-refractivity contribution in [2.45, 2.75) is 45.6 Å². The molecular weight excluding hydrogens is 277 g/mol. The van der Waals surface area contributed by atoms with Gasteiger partial charge in [-0.1, -0.05) is 6.92 Å². The van der Waals surface area contributed by atoms with E-state index in [1.807, 2.05) is 12.1 Å². The molecule has 22 heavy (non-hydrogen) atoms. The minimum absolute atomic E-state index is 0.195. The fraction of sp³-hybridized carbons (Fsp3) is 0.500. The fourth-order valence-corrected chi connectivity index (χ4v) is 3.22. The topological polar surface area (TPSA) is 29.9 Å². The average molecular weight is 301 g/mol. The maximum atomic E-state index is 13.3. The molecule has 2 heterocycles. The van der Waals surface area contributed by atoms with E-state index < -0.39 is 0 Å². The molecule has 0 fully saturated rings. The third kappa shape index (κ3) is 2.80. The Kier molecular flexibility index (Phi) is 4.30. The number of hydrogen-bond acceptors (Lipinski definition) is 2. The number of halogens is 1. The van der Waals surface area contributed by atoms with Crippen LogP contribution in [0.1, 0.15) is 50.4 Å². The number of nitrogens with one attached hydrogen (secondary N) is 1. The molecule has 0 amide bonds. The van der Waals surface area contributed by atoms with Gasteiger partial charge in [0.05, 0.1) is 11.4 Å². The van der Waals surface area contributed by atoms with Crippen molar-refractivity contribution in [1.29, 1.82) is 0 Å². The summed E-state index contributed by atoms with van der Waals surface area (Å²) in [7, 11) is 0. The van der Waals surface area contributed by atoms with Crippen molar-refractivity contribution >= 4 is 0 Å². The molecule has 3 nitrogen and oxygen atoms in total. The van der Waals surface area contributed by atoms with Crippen molar-refractivity contribution in [2.24, 2.45) is 0 Å². The molecule has 1 aromatic heterocycles. The Morgan fingerprint density at radius 2 is 2.00 bits per heavy atom. The lowest BCUT2D eigenvalue weighted by Crippen LogP contribution is -2.24. The molecule has 118 valence electrons. The number of fused-ring (bicyclic) bond motifs is 1. The van der Waals surface area contributed by atoms with Crippen LogP contribution in [0.3, 0.4) is 0 Å². The predicted octanol–water partition coefficient (Wildman–Crippen LogP) is 3.91. The molecule has 0 radical (unpaired) electrons. The lowest BCUT2D eigenvalue weighted by molar-refractivity contribution is 0.516. The Hall–Kier alpha value is -1.68. The first-order valence-electron chi connectivity index (χ1n) is 8.16. The highest BCUT2D eigenvalue weighted by Gasteiger charge is 2.24. The minimum atomic E-state index is -0.195. The molecular formula is C18H24FN3. The second kappa shape index (κ2) is 6.21. The van der Waals surface area contributed by atoms with E-state index in [-0.39, 0.29) is 11.9 Å². The normalized spacial score (nSPS) is 18.9. The predicted molar refractivity (Wildman–Crippen MR) is 87.6 cm³/mol. The van der Waals surface area contributed by atoms with Crippen LogP contribution < -0.4 is 5.32 Å². The first-order valence-corrected chi connectivity index (χ1v) is 8.16. The highest BCUT2D eigenvalue weighted by molar-refractivity contribution is 5.65. The Balaban J connectivity index is 2.17. The van der Waals surface area contributed by atoms with Crippen LogP contribution in [0.15, 0.2) is 24.3 Å². The summed E-state index contributed by atoms with van der Waals surface area (Å²) in [5.74, 6) is 0.203. The number of benzene rings is 1. The summed E-state index contributed by atoms with van der Waals surface area (Å²) in [6.07, 6.45) is 2.13. The van der Waals surface area contributed by atoms with Crippen LogP contribution in [0.25, 0.3) is 11.3 Å². The SMILES string of the molecule is CC1CNCCCc2c1nn(C(C)C)c2-c1ccc(F)cc1. The number of hydrogen-bond donors (Lipinski definition) is 1. The maximum absolute atomic E-state index is 13.3. The van der Waals surface area contributed by atoms with E-state index in [1.54, 1.807) is 0 Å². The van der Waals surface area contributed by atoms with E-state index in [2.05, 4.69) is 30.8 Å². The van der Waals surface area contributed by atoms with E-state index >= 15 is 0 Å². The summed E-state index contributed by atoms with van der Waals surface area (Å²) in [4.78, 5) is 0. The van der Waals surface area contributed by atoms with E-state index in [0.29, 0.717) is 5.92 Å². The molecule has 0 spiro atoms. The Morgan fingerprint density at radius 3 is 2.68 bits per heavy atom. The molecule has 0 aliphatic carbocycles. The van der Waals surface area contributed by atoms with Crippen LogP contribution in [-0.2, 0) is 6.42 Å². The fourth-order valence-electron chi connectivity index (χ4n) is 3.22. The Labute approximate surface area is 131 Å². The lowest BCUT2D eigenvalue weighted by atomic mass is 9.94. The van der Waals surface area contributed by atoms with Gasteiger partial charge in [0.25, 0.3) is 0 Å². The molecule has 0 bridgehead atoms. The van der Waals surface area contributed by atoms with Crippen LogP contribution in [-0.4, -0.2) is 22.9 Å². The maximum Gasteiger partial charge on any atom is 0.123 e. The van der Waals surface area contributed by atoms with Gasteiger partial charge in [0.15, 0.2) is 0 Å². The van der Waals surface area contributed by atoms with Crippen LogP contribution in [0.4, 0.5) is 4.39 Å². The van der Waals surface area contributed by atoms with Gasteiger partial charge in [0, 0.05) is 29.6 Å². The van der Waals surface area contributed by atoms with Crippen LogP contribution in [0.5, 0.6) is 0 Å². The van der Waals surface area contributed by atoms with Gasteiger partial charge in [0.1, 0.15) is 5.82 Å². The van der Waals surface area contributed by atoms with Crippen LogP contribution >= 0.6 is 0 Å². The lowest BCUT2D eigenvalue weighted by Gasteiger charge is -2.17. The molecule has 1 aliphatic rings. The van der Waals surface area contributed by atoms with Crippen molar-refractivity contribution in [3.63, 3.8) is 0 Å². The van der Waals surface area contributed by atoms with E-state index in [4.69, 9.17) is 5.10 Å². The molecule has 2 aromatic rings. The van der Waals surface area contributed by atoms with Crippen molar-refractivity contribution in [3.8, 4) is 11.3 Å². The molecule has 1 aliphatic heterocycles. The zero-order valence-corrected chi connectivity index (χ0v) is 13.6. The first-order chi connectivity index (χ1) is 10.6. The van der Waals surface area contributed by atoms with Gasteiger partial charge in [-0.2, -0.15) is 5.10 Å². The van der Waals surface area contributed by atoms with Gasteiger partial charge in [-0.25, -0.2) is 4.39 Å². The van der Waals surface area contributed by atoms with E-state index in [0.717, 1.165) is 31.5 Å². The average Bonchev–Trinajstić information content (AvgIpc) is 2.85. The molecule has 0 saturated heterocycles. The molecule has 1 unspecified atom stereocenters. The Morgan fingerprint density at radius 1 is 1.27 bits per heavy atom. The second-order valence-corrected chi connectivity index (χ2v) is 6.47. The van der Waals surface area contributed by atoms with Gasteiger partial charge in [0.2, 0.25) is 0 Å². The molecule has 0 saturated carbocycles. The largest absolute Gasteiger partial charge is 0.316 e. The summed E-state index contributed by atoms with van der Waals surface area (Å²) in [5.41, 5.74) is 4.76. The van der Waals surface area contributed by atoms with E-state index in [9.17, 15) is 4.39 Å². The smallest absolute Gasteiger partial charge is 0.123 e. The minimum Gasteiger partial charge on any atom is -0.316 e. The monoisotopic (exact) mass is 301 g/mol. The highest BCUT2D eigenvalue weighted by atomic mass is 19.1. The first kappa shape index (κ1) is 15.2. The van der Waals surface area contributed by atoms with Gasteiger partial charge in [-0.15, -0.1) is 0 Å². The molecule has 1 aromatic carbocycles. The molecule has 1 N–H and O–H groups in total. The van der Waals surface area contributed by atoms with Gasteiger partial charge in [-0.3, -0.25) is 4.68 Å². The van der Waals surface area contributed by atoms with Gasteiger partial charge < -0.3 is 5.32 Å². The van der Waals surface area contributed by atoms with E-state index in [1.165, 1.54) is 29.1 Å². The summed E-state index contributed by atoms with van der Waals surface area (Å²) in [5, 5.41) is 8.40. The third-order valence-electron chi connectivity index (χ3n) is 4.34. The molecule has 3 rings (SSSR count). The quantitative estimate of drug-likeness (QED) is 0.911.